The van der Waals surface area contributed by atoms with Gasteiger partial charge >= 0.3 is 6.61 Å². The first-order chi connectivity index (χ1) is 11.5. The van der Waals surface area contributed by atoms with Gasteiger partial charge in [-0.05, 0) is 51.0 Å². The van der Waals surface area contributed by atoms with E-state index in [1.165, 1.54) is 39.8 Å². The van der Waals surface area contributed by atoms with Crippen molar-refractivity contribution in [1.82, 2.24) is 9.88 Å². The quantitative estimate of drug-likeness (QED) is 0.864. The molecule has 0 saturated heterocycles. The van der Waals surface area contributed by atoms with Crippen molar-refractivity contribution in [3.8, 4) is 5.75 Å². The zero-order valence-electron chi connectivity index (χ0n) is 13.9. The standard InChI is InChI=1S/C15H16F2N2O5S/c1-7-5-11(6-8(2)12(7)23-15(16)17)14(20)19-25(21,22)13-9(3)18-24-10(13)4/h5-6,15H,1-4H3,(H,19,20). The van der Waals surface area contributed by atoms with E-state index in [2.05, 4.69) is 9.89 Å². The molecule has 7 nitrogen and oxygen atoms in total. The molecule has 1 aromatic carbocycles. The molecule has 0 atom stereocenters. The Balaban J connectivity index is 2.33. The van der Waals surface area contributed by atoms with Crippen molar-refractivity contribution in [2.45, 2.75) is 39.2 Å². The SMILES string of the molecule is Cc1cc(C(=O)NS(=O)(=O)c2c(C)noc2C)cc(C)c1OC(F)F. The lowest BCUT2D eigenvalue weighted by atomic mass is 10.1. The lowest BCUT2D eigenvalue weighted by molar-refractivity contribution is -0.0507. The average molecular weight is 374 g/mol. The van der Waals surface area contributed by atoms with Gasteiger partial charge in [0.2, 0.25) is 0 Å². The highest BCUT2D eigenvalue weighted by molar-refractivity contribution is 7.90. The molecule has 0 aliphatic carbocycles. The Kier molecular flexibility index (Phi) is 5.12. The van der Waals surface area contributed by atoms with E-state index in [0.29, 0.717) is 0 Å². The predicted molar refractivity (Wildman–Crippen MR) is 83.2 cm³/mol. The van der Waals surface area contributed by atoms with E-state index in [1.807, 2.05) is 4.72 Å². The number of hydrogen-bond acceptors (Lipinski definition) is 6. The van der Waals surface area contributed by atoms with Crippen LogP contribution in [-0.4, -0.2) is 26.1 Å². The van der Waals surface area contributed by atoms with Gasteiger partial charge in [0.05, 0.1) is 0 Å². The molecule has 0 radical (unpaired) electrons. The topological polar surface area (TPSA) is 98.5 Å². The van der Waals surface area contributed by atoms with Crippen LogP contribution in [-0.2, 0) is 10.0 Å². The summed E-state index contributed by atoms with van der Waals surface area (Å²) in [5.74, 6) is -0.916. The van der Waals surface area contributed by atoms with Crippen LogP contribution in [0.4, 0.5) is 8.78 Å². The summed E-state index contributed by atoms with van der Waals surface area (Å²) >= 11 is 0. The number of carbonyl (C=O) groups is 1. The van der Waals surface area contributed by atoms with Gasteiger partial charge in [-0.3, -0.25) is 4.79 Å². The Hall–Kier alpha value is -2.49. The molecule has 1 aromatic heterocycles. The van der Waals surface area contributed by atoms with Gasteiger partial charge in [-0.15, -0.1) is 0 Å². The van der Waals surface area contributed by atoms with Gasteiger partial charge in [0.1, 0.15) is 11.4 Å². The number of nitrogens with zero attached hydrogens (tertiary/aromatic N) is 1. The molecule has 25 heavy (non-hydrogen) atoms. The Labute approximate surface area is 143 Å². The Morgan fingerprint density at radius 1 is 1.20 bits per heavy atom. The van der Waals surface area contributed by atoms with Gasteiger partial charge in [-0.2, -0.15) is 8.78 Å². The zero-order chi connectivity index (χ0) is 18.9. The molecule has 2 rings (SSSR count). The molecule has 136 valence electrons. The molecule has 10 heteroatoms. The van der Waals surface area contributed by atoms with E-state index in [9.17, 15) is 22.0 Å². The second-order valence-corrected chi connectivity index (χ2v) is 7.02. The molecule has 1 N–H and O–H groups in total. The Morgan fingerprint density at radius 2 is 1.76 bits per heavy atom. The van der Waals surface area contributed by atoms with Crippen molar-refractivity contribution in [3.63, 3.8) is 0 Å². The van der Waals surface area contributed by atoms with Crippen molar-refractivity contribution in [1.29, 1.82) is 0 Å². The minimum absolute atomic E-state index is 0.00745. The number of carbonyl (C=O) groups excluding carboxylic acids is 1. The van der Waals surface area contributed by atoms with Crippen LogP contribution in [0.2, 0.25) is 0 Å². The highest BCUT2D eigenvalue weighted by Gasteiger charge is 2.27. The van der Waals surface area contributed by atoms with Crippen LogP contribution in [0, 0.1) is 27.7 Å². The van der Waals surface area contributed by atoms with Gasteiger partial charge in [0.25, 0.3) is 15.9 Å². The van der Waals surface area contributed by atoms with Crippen LogP contribution in [0.3, 0.4) is 0 Å². The van der Waals surface area contributed by atoms with Crippen LogP contribution in [0.1, 0.15) is 32.9 Å². The number of benzene rings is 1. The summed E-state index contributed by atoms with van der Waals surface area (Å²) < 4.78 is 60.6. The normalized spacial score (nSPS) is 11.6. The van der Waals surface area contributed by atoms with Crippen molar-refractivity contribution < 1.29 is 31.3 Å². The van der Waals surface area contributed by atoms with E-state index >= 15 is 0 Å². The van der Waals surface area contributed by atoms with Crippen molar-refractivity contribution in [3.05, 3.63) is 40.3 Å². The second kappa shape index (κ2) is 6.79. The third kappa shape index (κ3) is 3.95. The minimum atomic E-state index is -4.19. The summed E-state index contributed by atoms with van der Waals surface area (Å²) in [5.41, 5.74) is 0.665. The van der Waals surface area contributed by atoms with Gasteiger partial charge in [0, 0.05) is 5.56 Å². The molecule has 0 spiro atoms. The lowest BCUT2D eigenvalue weighted by Gasteiger charge is -2.13. The first-order valence-corrected chi connectivity index (χ1v) is 8.57. The summed E-state index contributed by atoms with van der Waals surface area (Å²) in [6.07, 6.45) is 0. The fraction of sp³-hybridized carbons (Fsp3) is 0.333. The molecular weight excluding hydrogens is 358 g/mol. The van der Waals surface area contributed by atoms with Crippen LogP contribution < -0.4 is 9.46 Å². The van der Waals surface area contributed by atoms with E-state index in [1.54, 1.807) is 0 Å². The predicted octanol–water partition coefficient (Wildman–Crippen LogP) is 2.63. The first-order valence-electron chi connectivity index (χ1n) is 7.09. The molecular formula is C15H16F2N2O5S. The van der Waals surface area contributed by atoms with Crippen LogP contribution in [0.5, 0.6) is 5.75 Å². The average Bonchev–Trinajstić information content (AvgIpc) is 2.81. The monoisotopic (exact) mass is 374 g/mol. The lowest BCUT2D eigenvalue weighted by Crippen LogP contribution is -2.31. The second-order valence-electron chi connectivity index (χ2n) is 5.41. The number of alkyl halides is 2. The summed E-state index contributed by atoms with van der Waals surface area (Å²) in [4.78, 5) is 12.1. The largest absolute Gasteiger partial charge is 0.434 e. The smallest absolute Gasteiger partial charge is 0.387 e. The van der Waals surface area contributed by atoms with Crippen molar-refractivity contribution in [2.24, 2.45) is 0 Å². The number of aromatic nitrogens is 1. The molecule has 0 aliphatic rings. The molecule has 0 fully saturated rings. The van der Waals surface area contributed by atoms with E-state index < -0.39 is 22.5 Å². The summed E-state index contributed by atoms with van der Waals surface area (Å²) in [6, 6.07) is 2.53. The molecule has 1 amide bonds. The molecule has 0 aliphatic heterocycles. The van der Waals surface area contributed by atoms with Crippen LogP contribution in [0.25, 0.3) is 0 Å². The summed E-state index contributed by atoms with van der Waals surface area (Å²) in [6.45, 7) is 2.79. The summed E-state index contributed by atoms with van der Waals surface area (Å²) in [5, 5.41) is 3.54. The van der Waals surface area contributed by atoms with E-state index in [4.69, 9.17) is 4.52 Å². The van der Waals surface area contributed by atoms with E-state index in [0.717, 1.165) is 0 Å². The van der Waals surface area contributed by atoms with E-state index in [-0.39, 0.29) is 38.8 Å². The molecule has 0 saturated carbocycles. The summed E-state index contributed by atoms with van der Waals surface area (Å²) in [7, 11) is -4.19. The van der Waals surface area contributed by atoms with Gasteiger partial charge in [0.15, 0.2) is 10.7 Å². The fourth-order valence-electron chi connectivity index (χ4n) is 2.45. The third-order valence-corrected chi connectivity index (χ3v) is 4.97. The fourth-order valence-corrected chi connectivity index (χ4v) is 3.75. The minimum Gasteiger partial charge on any atom is -0.434 e. The van der Waals surface area contributed by atoms with Gasteiger partial charge in [-0.1, -0.05) is 5.16 Å². The third-order valence-electron chi connectivity index (χ3n) is 3.39. The number of ether oxygens (including phenoxy) is 1. The number of sulfonamides is 1. The maximum Gasteiger partial charge on any atom is 0.387 e. The molecule has 1 heterocycles. The molecule has 2 aromatic rings. The van der Waals surface area contributed by atoms with Crippen LogP contribution in [0.15, 0.2) is 21.6 Å². The highest BCUT2D eigenvalue weighted by atomic mass is 32.2. The first kappa shape index (κ1) is 18.8. The Bertz CT molecular complexity index is 879. The van der Waals surface area contributed by atoms with Gasteiger partial charge < -0.3 is 9.26 Å². The number of hydrogen-bond donors (Lipinski definition) is 1. The highest BCUT2D eigenvalue weighted by Crippen LogP contribution is 2.27. The number of aryl methyl sites for hydroxylation is 4. The van der Waals surface area contributed by atoms with Crippen molar-refractivity contribution >= 4 is 15.9 Å². The maximum atomic E-state index is 12.4. The van der Waals surface area contributed by atoms with Gasteiger partial charge in [-0.25, -0.2) is 13.1 Å². The maximum absolute atomic E-state index is 12.4. The number of amides is 1. The molecule has 0 bridgehead atoms. The Morgan fingerprint density at radius 3 is 2.20 bits per heavy atom. The number of rotatable bonds is 5. The zero-order valence-corrected chi connectivity index (χ0v) is 14.7. The van der Waals surface area contributed by atoms with Crippen LogP contribution >= 0.6 is 0 Å². The number of nitrogens with one attached hydrogen (secondary N) is 1. The molecule has 0 unspecified atom stereocenters. The van der Waals surface area contributed by atoms with Crippen molar-refractivity contribution in [2.75, 3.05) is 0 Å². The number of halogens is 2.